The third-order valence-electron chi connectivity index (χ3n) is 4.47. The van der Waals surface area contributed by atoms with E-state index in [1.807, 2.05) is 0 Å². The number of rotatable bonds is 4. The molecule has 2 fully saturated rings. The molecule has 0 aromatic carbocycles. The summed E-state index contributed by atoms with van der Waals surface area (Å²) in [7, 11) is 0. The van der Waals surface area contributed by atoms with Crippen molar-refractivity contribution >= 4 is 17.7 Å². The third-order valence-corrected chi connectivity index (χ3v) is 5.99. The number of carboxylic acids is 1. The molecule has 2 saturated carbocycles. The Morgan fingerprint density at radius 1 is 1.37 bits per heavy atom. The lowest BCUT2D eigenvalue weighted by atomic mass is 9.60. The zero-order valence-corrected chi connectivity index (χ0v) is 11.6. The molecular formula is C12H18N4O2S. The van der Waals surface area contributed by atoms with Crippen molar-refractivity contribution < 1.29 is 9.90 Å². The standard InChI is InChI=1S/C12H18N4O2S/c17-10(18)8-16-11(13-14-15-16)19-9-4-7-12(9)5-2-1-3-6-12/h9H,1-8H2,(H,17,18). The SMILES string of the molecule is O=C(O)Cn1nnnc1SC1CCC12CCCCC2. The van der Waals surface area contributed by atoms with Crippen LogP contribution in [0.1, 0.15) is 44.9 Å². The van der Waals surface area contributed by atoms with Gasteiger partial charge in [-0.3, -0.25) is 4.79 Å². The maximum absolute atomic E-state index is 10.8. The van der Waals surface area contributed by atoms with Crippen LogP contribution in [0.5, 0.6) is 0 Å². The van der Waals surface area contributed by atoms with Gasteiger partial charge in [0.05, 0.1) is 0 Å². The van der Waals surface area contributed by atoms with Crippen LogP contribution in [0.25, 0.3) is 0 Å². The van der Waals surface area contributed by atoms with Crippen LogP contribution in [0.2, 0.25) is 0 Å². The van der Waals surface area contributed by atoms with Gasteiger partial charge in [0.1, 0.15) is 6.54 Å². The number of nitrogens with zero attached hydrogens (tertiary/aromatic N) is 4. The van der Waals surface area contributed by atoms with Crippen LogP contribution >= 0.6 is 11.8 Å². The number of carboxylic acid groups (broad SMARTS) is 1. The van der Waals surface area contributed by atoms with E-state index in [9.17, 15) is 4.79 Å². The predicted molar refractivity (Wildman–Crippen MR) is 69.8 cm³/mol. The second kappa shape index (κ2) is 5.11. The molecule has 0 bridgehead atoms. The molecule has 6 nitrogen and oxygen atoms in total. The van der Waals surface area contributed by atoms with E-state index in [2.05, 4.69) is 15.5 Å². The molecule has 1 atom stereocenters. The van der Waals surface area contributed by atoms with Crippen LogP contribution < -0.4 is 0 Å². The highest BCUT2D eigenvalue weighted by atomic mass is 32.2. The van der Waals surface area contributed by atoms with Gasteiger partial charge in [-0.05, 0) is 41.5 Å². The van der Waals surface area contributed by atoms with Gasteiger partial charge in [0, 0.05) is 5.25 Å². The Morgan fingerprint density at radius 3 is 2.79 bits per heavy atom. The maximum atomic E-state index is 10.8. The summed E-state index contributed by atoms with van der Waals surface area (Å²) in [6.45, 7) is -0.158. The quantitative estimate of drug-likeness (QED) is 0.909. The van der Waals surface area contributed by atoms with E-state index in [1.54, 1.807) is 11.8 Å². The first-order chi connectivity index (χ1) is 9.20. The van der Waals surface area contributed by atoms with Gasteiger partial charge in [0.15, 0.2) is 0 Å². The van der Waals surface area contributed by atoms with Crippen molar-refractivity contribution in [3.8, 4) is 0 Å². The second-order valence-corrected chi connectivity index (χ2v) is 6.75. The molecule has 1 unspecified atom stereocenters. The Hall–Kier alpha value is -1.11. The molecule has 1 N–H and O–H groups in total. The Kier molecular flexibility index (Phi) is 3.47. The van der Waals surface area contributed by atoms with Crippen LogP contribution in [-0.4, -0.2) is 36.5 Å². The van der Waals surface area contributed by atoms with Crippen molar-refractivity contribution in [3.05, 3.63) is 0 Å². The molecular weight excluding hydrogens is 264 g/mol. The molecule has 2 aliphatic rings. The largest absolute Gasteiger partial charge is 0.480 e. The van der Waals surface area contributed by atoms with Gasteiger partial charge in [-0.1, -0.05) is 31.0 Å². The van der Waals surface area contributed by atoms with Gasteiger partial charge in [-0.15, -0.1) is 5.10 Å². The van der Waals surface area contributed by atoms with Gasteiger partial charge in [-0.2, -0.15) is 0 Å². The normalized spacial score (nSPS) is 25.2. The van der Waals surface area contributed by atoms with Crippen molar-refractivity contribution in [3.63, 3.8) is 0 Å². The van der Waals surface area contributed by atoms with Gasteiger partial charge in [-0.25, -0.2) is 4.68 Å². The van der Waals surface area contributed by atoms with Crippen LogP contribution in [-0.2, 0) is 11.3 Å². The molecule has 3 rings (SSSR count). The van der Waals surface area contributed by atoms with E-state index in [1.165, 1.54) is 49.6 Å². The number of aliphatic carboxylic acids is 1. The summed E-state index contributed by atoms with van der Waals surface area (Å²) in [5.74, 6) is -0.907. The first-order valence-corrected chi connectivity index (χ1v) is 7.72. The lowest BCUT2D eigenvalue weighted by molar-refractivity contribution is -0.138. The zero-order chi connectivity index (χ0) is 13.3. The number of hydrogen-bond acceptors (Lipinski definition) is 5. The summed E-state index contributed by atoms with van der Waals surface area (Å²) >= 11 is 1.67. The smallest absolute Gasteiger partial charge is 0.325 e. The van der Waals surface area contributed by atoms with Crippen molar-refractivity contribution in [2.24, 2.45) is 5.41 Å². The molecule has 0 saturated heterocycles. The molecule has 1 aromatic heterocycles. The topological polar surface area (TPSA) is 80.9 Å². The third kappa shape index (κ3) is 2.48. The van der Waals surface area contributed by atoms with Gasteiger partial charge in [0.2, 0.25) is 5.16 Å². The van der Waals surface area contributed by atoms with Crippen LogP contribution in [0.15, 0.2) is 5.16 Å². The van der Waals surface area contributed by atoms with Crippen LogP contribution in [0.4, 0.5) is 0 Å². The molecule has 0 aliphatic heterocycles. The van der Waals surface area contributed by atoms with Crippen LogP contribution in [0.3, 0.4) is 0 Å². The Balaban J connectivity index is 1.68. The Morgan fingerprint density at radius 2 is 2.16 bits per heavy atom. The van der Waals surface area contributed by atoms with E-state index in [-0.39, 0.29) is 6.54 Å². The monoisotopic (exact) mass is 282 g/mol. The van der Waals surface area contributed by atoms with Gasteiger partial charge < -0.3 is 5.11 Å². The number of tetrazole rings is 1. The number of carbonyl (C=O) groups is 1. The Labute approximate surface area is 115 Å². The highest BCUT2D eigenvalue weighted by Gasteiger charge is 2.47. The summed E-state index contributed by atoms with van der Waals surface area (Å²) in [5.41, 5.74) is 0.475. The molecule has 7 heteroatoms. The molecule has 104 valence electrons. The molecule has 1 aromatic rings. The van der Waals surface area contributed by atoms with E-state index < -0.39 is 5.97 Å². The minimum atomic E-state index is -0.907. The summed E-state index contributed by atoms with van der Waals surface area (Å²) < 4.78 is 1.39. The van der Waals surface area contributed by atoms with Crippen molar-refractivity contribution in [1.82, 2.24) is 20.2 Å². The fourth-order valence-electron chi connectivity index (χ4n) is 3.32. The summed E-state index contributed by atoms with van der Waals surface area (Å²) in [6.07, 6.45) is 9.15. The highest BCUT2D eigenvalue weighted by molar-refractivity contribution is 7.99. The van der Waals surface area contributed by atoms with E-state index >= 15 is 0 Å². The van der Waals surface area contributed by atoms with E-state index in [0.717, 1.165) is 0 Å². The van der Waals surface area contributed by atoms with Crippen LogP contribution in [0, 0.1) is 5.41 Å². The minimum Gasteiger partial charge on any atom is -0.480 e. The fourth-order valence-corrected chi connectivity index (χ4v) is 4.72. The van der Waals surface area contributed by atoms with Gasteiger partial charge in [0.25, 0.3) is 0 Å². The number of hydrogen-bond donors (Lipinski definition) is 1. The van der Waals surface area contributed by atoms with E-state index in [0.29, 0.717) is 15.8 Å². The summed E-state index contributed by atoms with van der Waals surface area (Å²) in [4.78, 5) is 10.8. The molecule has 19 heavy (non-hydrogen) atoms. The highest BCUT2D eigenvalue weighted by Crippen LogP contribution is 2.57. The Bertz CT molecular complexity index is 470. The number of thioether (sulfide) groups is 1. The fraction of sp³-hybridized carbons (Fsp3) is 0.833. The van der Waals surface area contributed by atoms with Crippen molar-refractivity contribution in [2.45, 2.75) is 61.9 Å². The van der Waals surface area contributed by atoms with Crippen molar-refractivity contribution in [1.29, 1.82) is 0 Å². The molecule has 2 aliphatic carbocycles. The van der Waals surface area contributed by atoms with E-state index in [4.69, 9.17) is 5.11 Å². The molecule has 0 radical (unpaired) electrons. The number of aromatic nitrogens is 4. The lowest BCUT2D eigenvalue weighted by Gasteiger charge is -2.51. The average molecular weight is 282 g/mol. The molecule has 1 heterocycles. The second-order valence-electron chi connectivity index (χ2n) is 5.58. The first kappa shape index (κ1) is 12.9. The zero-order valence-electron chi connectivity index (χ0n) is 10.8. The van der Waals surface area contributed by atoms with Crippen molar-refractivity contribution in [2.75, 3.05) is 0 Å². The predicted octanol–water partition coefficient (Wildman–Crippen LogP) is 1.96. The average Bonchev–Trinajstić information content (AvgIpc) is 2.82. The maximum Gasteiger partial charge on any atom is 0.325 e. The molecule has 0 amide bonds. The summed E-state index contributed by atoms with van der Waals surface area (Å²) in [6, 6.07) is 0. The summed E-state index contributed by atoms with van der Waals surface area (Å²) in [5, 5.41) is 21.4. The first-order valence-electron chi connectivity index (χ1n) is 6.84. The lowest BCUT2D eigenvalue weighted by Crippen LogP contribution is -2.44. The molecule has 1 spiro atoms. The van der Waals surface area contributed by atoms with Gasteiger partial charge >= 0.3 is 5.97 Å². The minimum absolute atomic E-state index is 0.158.